The van der Waals surface area contributed by atoms with Crippen LogP contribution in [-0.4, -0.2) is 38.7 Å². The summed E-state index contributed by atoms with van der Waals surface area (Å²) in [6.45, 7) is 6.94. The lowest BCUT2D eigenvalue weighted by Crippen LogP contribution is -2.40. The third kappa shape index (κ3) is 4.17. The van der Waals surface area contributed by atoms with E-state index in [1.54, 1.807) is 6.20 Å². The maximum absolute atomic E-state index is 12.2. The van der Waals surface area contributed by atoms with E-state index in [1.165, 1.54) is 6.08 Å². The first kappa shape index (κ1) is 22.2. The third-order valence-electron chi connectivity index (χ3n) is 6.31. The number of pyridine rings is 1. The molecule has 7 heteroatoms. The molecular formula is C27H25ClN4O2. The summed E-state index contributed by atoms with van der Waals surface area (Å²) >= 11 is 6.22. The van der Waals surface area contributed by atoms with Crippen molar-refractivity contribution in [2.75, 3.05) is 13.1 Å². The molecule has 4 aromatic rings. The van der Waals surface area contributed by atoms with Crippen LogP contribution in [0.5, 0.6) is 11.5 Å². The molecule has 0 aliphatic carbocycles. The van der Waals surface area contributed by atoms with Gasteiger partial charge < -0.3 is 9.64 Å². The number of amides is 1. The van der Waals surface area contributed by atoms with E-state index in [0.717, 1.165) is 58.6 Å². The average Bonchev–Trinajstić information content (AvgIpc) is 3.27. The second-order valence-corrected chi connectivity index (χ2v) is 8.87. The molecule has 1 aliphatic rings. The van der Waals surface area contributed by atoms with Crippen molar-refractivity contribution in [1.29, 1.82) is 0 Å². The highest BCUT2D eigenvalue weighted by Crippen LogP contribution is 2.34. The van der Waals surface area contributed by atoms with Gasteiger partial charge in [-0.1, -0.05) is 24.2 Å². The number of halogens is 1. The number of nitrogens with zero attached hydrogens (tertiary/aromatic N) is 4. The van der Waals surface area contributed by atoms with Gasteiger partial charge in [-0.25, -0.2) is 0 Å². The molecule has 0 spiro atoms. The van der Waals surface area contributed by atoms with Crippen molar-refractivity contribution in [3.05, 3.63) is 84.2 Å². The number of carbonyl (C=O) groups excluding carboxylic acids is 1. The van der Waals surface area contributed by atoms with Gasteiger partial charge in [-0.15, -0.1) is 0 Å². The number of rotatable bonds is 5. The number of hydrogen-bond acceptors (Lipinski definition) is 4. The van der Waals surface area contributed by atoms with E-state index in [1.807, 2.05) is 66.6 Å². The van der Waals surface area contributed by atoms with Crippen molar-refractivity contribution in [2.45, 2.75) is 25.8 Å². The van der Waals surface area contributed by atoms with Crippen LogP contribution in [0.25, 0.3) is 22.2 Å². The molecule has 0 N–H and O–H groups in total. The molecule has 0 radical (unpaired) electrons. The molecule has 0 unspecified atom stereocenters. The second-order valence-electron chi connectivity index (χ2n) is 8.46. The molecule has 3 heterocycles. The van der Waals surface area contributed by atoms with E-state index in [-0.39, 0.29) is 11.9 Å². The summed E-state index contributed by atoms with van der Waals surface area (Å²) in [5.74, 6) is 1.42. The van der Waals surface area contributed by atoms with E-state index >= 15 is 0 Å². The quantitative estimate of drug-likeness (QED) is 0.324. The van der Waals surface area contributed by atoms with Crippen LogP contribution in [-0.2, 0) is 4.79 Å². The zero-order chi connectivity index (χ0) is 23.7. The van der Waals surface area contributed by atoms with Gasteiger partial charge >= 0.3 is 0 Å². The van der Waals surface area contributed by atoms with E-state index in [9.17, 15) is 4.79 Å². The molecule has 6 nitrogen and oxygen atoms in total. The van der Waals surface area contributed by atoms with Gasteiger partial charge in [0.15, 0.2) is 0 Å². The second kappa shape index (κ2) is 9.31. The van der Waals surface area contributed by atoms with Crippen molar-refractivity contribution in [3.63, 3.8) is 0 Å². The SMILES string of the molecule is C=CC(=O)N1CCC[C@@H](n2nc(-c3ccc(Oc4cccc(Cl)c4C)cc3)c3cnccc32)C1. The van der Waals surface area contributed by atoms with Crippen molar-refractivity contribution in [1.82, 2.24) is 19.7 Å². The Morgan fingerprint density at radius 3 is 2.82 bits per heavy atom. The highest BCUT2D eigenvalue weighted by atomic mass is 35.5. The zero-order valence-electron chi connectivity index (χ0n) is 18.9. The Balaban J connectivity index is 1.46. The Bertz CT molecular complexity index is 1360. The number of hydrogen-bond donors (Lipinski definition) is 0. The van der Waals surface area contributed by atoms with Gasteiger partial charge in [0.1, 0.15) is 17.2 Å². The summed E-state index contributed by atoms with van der Waals surface area (Å²) < 4.78 is 8.10. The Morgan fingerprint density at radius 2 is 2.03 bits per heavy atom. The van der Waals surface area contributed by atoms with Crippen LogP contribution in [0.2, 0.25) is 5.02 Å². The fourth-order valence-corrected chi connectivity index (χ4v) is 4.63. The van der Waals surface area contributed by atoms with E-state index in [4.69, 9.17) is 21.4 Å². The monoisotopic (exact) mass is 472 g/mol. The Hall–Kier alpha value is -3.64. The van der Waals surface area contributed by atoms with E-state index in [0.29, 0.717) is 11.6 Å². The van der Waals surface area contributed by atoms with E-state index < -0.39 is 0 Å². The lowest BCUT2D eigenvalue weighted by Gasteiger charge is -2.32. The number of fused-ring (bicyclic) bond motifs is 1. The maximum Gasteiger partial charge on any atom is 0.246 e. The fraction of sp³-hybridized carbons (Fsp3) is 0.222. The number of ether oxygens (including phenoxy) is 1. The normalized spacial score (nSPS) is 15.9. The summed E-state index contributed by atoms with van der Waals surface area (Å²) in [5.41, 5.74) is 3.75. The molecule has 34 heavy (non-hydrogen) atoms. The molecule has 5 rings (SSSR count). The fourth-order valence-electron chi connectivity index (χ4n) is 4.47. The van der Waals surface area contributed by atoms with Crippen molar-refractivity contribution in [2.24, 2.45) is 0 Å². The number of piperidine rings is 1. The van der Waals surface area contributed by atoms with Gasteiger partial charge in [0, 0.05) is 47.0 Å². The average molecular weight is 473 g/mol. The summed E-state index contributed by atoms with van der Waals surface area (Å²) in [7, 11) is 0. The van der Waals surface area contributed by atoms with Crippen LogP contribution >= 0.6 is 11.6 Å². The zero-order valence-corrected chi connectivity index (χ0v) is 19.7. The van der Waals surface area contributed by atoms with Crippen LogP contribution < -0.4 is 4.74 Å². The molecule has 1 fully saturated rings. The van der Waals surface area contributed by atoms with E-state index in [2.05, 4.69) is 16.2 Å². The molecule has 1 atom stereocenters. The third-order valence-corrected chi connectivity index (χ3v) is 6.72. The molecular weight excluding hydrogens is 448 g/mol. The molecule has 1 aliphatic heterocycles. The Kier molecular flexibility index (Phi) is 6.07. The topological polar surface area (TPSA) is 60.2 Å². The van der Waals surface area contributed by atoms with Gasteiger partial charge in [-0.2, -0.15) is 5.10 Å². The molecule has 1 amide bonds. The van der Waals surface area contributed by atoms with Crippen molar-refractivity contribution < 1.29 is 9.53 Å². The lowest BCUT2D eigenvalue weighted by atomic mass is 10.1. The van der Waals surface area contributed by atoms with Gasteiger partial charge in [-0.05, 0) is 68.3 Å². The van der Waals surface area contributed by atoms with Gasteiger partial charge in [-0.3, -0.25) is 14.5 Å². The molecule has 0 saturated carbocycles. The Labute approximate surface area is 203 Å². The predicted octanol–water partition coefficient (Wildman–Crippen LogP) is 6.20. The first-order valence-corrected chi connectivity index (χ1v) is 11.7. The largest absolute Gasteiger partial charge is 0.457 e. The van der Waals surface area contributed by atoms with Crippen LogP contribution in [0.1, 0.15) is 24.4 Å². The summed E-state index contributed by atoms with van der Waals surface area (Å²) in [5, 5.41) is 6.65. The number of aromatic nitrogens is 3. The Morgan fingerprint density at radius 1 is 1.21 bits per heavy atom. The maximum atomic E-state index is 12.2. The minimum Gasteiger partial charge on any atom is -0.457 e. The predicted molar refractivity (Wildman–Crippen MR) is 134 cm³/mol. The summed E-state index contributed by atoms with van der Waals surface area (Å²) in [4.78, 5) is 18.4. The van der Waals surface area contributed by atoms with Crippen molar-refractivity contribution in [3.8, 4) is 22.8 Å². The molecule has 1 saturated heterocycles. The standard InChI is InChI=1S/C27H25ClN4O2/c1-3-26(33)31-15-5-6-20(17-31)32-24-13-14-29-16-22(24)27(30-32)19-9-11-21(12-10-19)34-25-8-4-7-23(28)18(25)2/h3-4,7-14,16,20H,1,5-6,15,17H2,2H3/t20-/m1/s1. The lowest BCUT2D eigenvalue weighted by molar-refractivity contribution is -0.127. The minimum atomic E-state index is -0.0337. The number of likely N-dealkylation sites (tertiary alicyclic amines) is 1. The van der Waals surface area contributed by atoms with Gasteiger partial charge in [0.05, 0.1) is 11.6 Å². The van der Waals surface area contributed by atoms with Gasteiger partial charge in [0.25, 0.3) is 0 Å². The highest BCUT2D eigenvalue weighted by Gasteiger charge is 2.26. The molecule has 2 aromatic carbocycles. The number of carbonyl (C=O) groups is 1. The van der Waals surface area contributed by atoms with Crippen molar-refractivity contribution >= 4 is 28.4 Å². The highest BCUT2D eigenvalue weighted by molar-refractivity contribution is 6.31. The smallest absolute Gasteiger partial charge is 0.246 e. The number of benzene rings is 2. The first-order chi connectivity index (χ1) is 16.5. The summed E-state index contributed by atoms with van der Waals surface area (Å²) in [6, 6.07) is 15.6. The molecule has 172 valence electrons. The van der Waals surface area contributed by atoms with Gasteiger partial charge in [0.2, 0.25) is 5.91 Å². The molecule has 2 aromatic heterocycles. The molecule has 0 bridgehead atoms. The van der Waals surface area contributed by atoms with Crippen LogP contribution in [0, 0.1) is 6.92 Å². The summed E-state index contributed by atoms with van der Waals surface area (Å²) in [6.07, 6.45) is 6.91. The van der Waals surface area contributed by atoms with Crippen LogP contribution in [0.4, 0.5) is 0 Å². The van der Waals surface area contributed by atoms with Crippen LogP contribution in [0.15, 0.2) is 73.6 Å². The first-order valence-electron chi connectivity index (χ1n) is 11.3. The minimum absolute atomic E-state index is 0.0337. The van der Waals surface area contributed by atoms with Crippen LogP contribution in [0.3, 0.4) is 0 Å².